The zero-order valence-corrected chi connectivity index (χ0v) is 16.1. The standard InChI is InChI=1S/C17H15FN4O.C6H4/c1-11(23)20-17-15(12-7-9-19-10-8-12)16(21-22(17)2)13-3-5-14(18)6-4-13;1-2-5-4-6(5)3-1/h3-10H,1-2H3,(H,20,23);1-4H. The summed E-state index contributed by atoms with van der Waals surface area (Å²) in [5.41, 5.74) is 5.94. The monoisotopic (exact) mass is 386 g/mol. The van der Waals surface area contributed by atoms with Gasteiger partial charge in [-0.1, -0.05) is 18.2 Å². The predicted molar refractivity (Wildman–Crippen MR) is 112 cm³/mol. The number of aryl methyl sites for hydroxylation is 1. The van der Waals surface area contributed by atoms with E-state index >= 15 is 0 Å². The molecule has 0 aliphatic heterocycles. The first-order chi connectivity index (χ1) is 14.0. The lowest BCUT2D eigenvalue weighted by molar-refractivity contribution is -0.114. The number of halogens is 1. The molecule has 5 rings (SSSR count). The molecule has 0 atom stereocenters. The maximum absolute atomic E-state index is 13.2. The van der Waals surface area contributed by atoms with Crippen LogP contribution in [0.2, 0.25) is 0 Å². The number of hydrogen-bond acceptors (Lipinski definition) is 3. The molecule has 0 unspecified atom stereocenters. The number of anilines is 1. The summed E-state index contributed by atoms with van der Waals surface area (Å²) in [4.78, 5) is 15.5. The van der Waals surface area contributed by atoms with Crippen molar-refractivity contribution in [2.45, 2.75) is 6.92 Å². The second kappa shape index (κ2) is 7.67. The summed E-state index contributed by atoms with van der Waals surface area (Å²) in [7, 11) is 1.75. The Bertz CT molecular complexity index is 1150. The van der Waals surface area contributed by atoms with Crippen LogP contribution >= 0.6 is 0 Å². The molecule has 3 aromatic rings. The Hall–Kier alpha value is -3.80. The molecule has 1 aromatic carbocycles. The van der Waals surface area contributed by atoms with Crippen LogP contribution in [0.5, 0.6) is 0 Å². The van der Waals surface area contributed by atoms with E-state index in [1.165, 1.54) is 30.2 Å². The maximum atomic E-state index is 13.2. The van der Waals surface area contributed by atoms with Crippen molar-refractivity contribution in [3.8, 4) is 33.5 Å². The number of pyridine rings is 1. The largest absolute Gasteiger partial charge is 0.311 e. The summed E-state index contributed by atoms with van der Waals surface area (Å²) in [5.74, 6) is 0.0919. The Balaban J connectivity index is 0.000000286. The summed E-state index contributed by atoms with van der Waals surface area (Å²) in [6, 6.07) is 18.3. The molecular formula is C23H19FN4O. The van der Waals surface area contributed by atoms with E-state index in [9.17, 15) is 9.18 Å². The van der Waals surface area contributed by atoms with Gasteiger partial charge in [0.05, 0.1) is 5.56 Å². The van der Waals surface area contributed by atoms with Gasteiger partial charge in [0, 0.05) is 31.9 Å². The van der Waals surface area contributed by atoms with Gasteiger partial charge in [0.2, 0.25) is 5.91 Å². The van der Waals surface area contributed by atoms with Gasteiger partial charge in [-0.15, -0.1) is 0 Å². The van der Waals surface area contributed by atoms with E-state index in [1.54, 1.807) is 36.3 Å². The third-order valence-corrected chi connectivity index (χ3v) is 4.54. The van der Waals surface area contributed by atoms with Gasteiger partial charge in [-0.2, -0.15) is 5.10 Å². The Morgan fingerprint density at radius 3 is 2.10 bits per heavy atom. The Kier molecular flexibility index (Phi) is 4.91. The van der Waals surface area contributed by atoms with Crippen LogP contribution in [-0.2, 0) is 11.8 Å². The smallest absolute Gasteiger partial charge is 0.222 e. The second-order valence-electron chi connectivity index (χ2n) is 6.70. The molecule has 6 heteroatoms. The molecule has 0 spiro atoms. The lowest BCUT2D eigenvalue weighted by Gasteiger charge is -2.08. The fraction of sp³-hybridized carbons (Fsp3) is 0.0870. The molecule has 1 N–H and O–H groups in total. The highest BCUT2D eigenvalue weighted by Crippen LogP contribution is 2.37. The first kappa shape index (κ1) is 18.6. The van der Waals surface area contributed by atoms with Crippen molar-refractivity contribution >= 4 is 11.7 Å². The SMILES string of the molecule is CC(=O)Nc1c(-c2ccncc2)c(-c2ccc(F)cc2)nn1C.c1cc2cc-2c1. The average Bonchev–Trinajstić information content (AvgIpc) is 3.18. The van der Waals surface area contributed by atoms with Crippen LogP contribution in [0.25, 0.3) is 33.5 Å². The molecular weight excluding hydrogens is 367 g/mol. The molecule has 1 amide bonds. The number of nitrogens with zero attached hydrogens (tertiary/aromatic N) is 3. The number of fused-ring (bicyclic) bond motifs is 1. The Morgan fingerprint density at radius 1 is 0.931 bits per heavy atom. The molecule has 0 saturated carbocycles. The van der Waals surface area contributed by atoms with Crippen LogP contribution in [0, 0.1) is 5.82 Å². The second-order valence-corrected chi connectivity index (χ2v) is 6.70. The van der Waals surface area contributed by atoms with Crippen LogP contribution < -0.4 is 5.32 Å². The highest BCUT2D eigenvalue weighted by molar-refractivity contribution is 5.97. The van der Waals surface area contributed by atoms with Crippen molar-refractivity contribution < 1.29 is 9.18 Å². The van der Waals surface area contributed by atoms with Crippen molar-refractivity contribution in [3.05, 3.63) is 78.9 Å². The van der Waals surface area contributed by atoms with E-state index in [2.05, 4.69) is 39.7 Å². The van der Waals surface area contributed by atoms with Gasteiger partial charge < -0.3 is 5.32 Å². The molecule has 2 aliphatic carbocycles. The van der Waals surface area contributed by atoms with E-state index in [-0.39, 0.29) is 11.7 Å². The van der Waals surface area contributed by atoms with E-state index in [0.29, 0.717) is 11.5 Å². The van der Waals surface area contributed by atoms with Crippen molar-refractivity contribution in [1.82, 2.24) is 14.8 Å². The fourth-order valence-corrected chi connectivity index (χ4v) is 3.11. The van der Waals surface area contributed by atoms with Gasteiger partial charge in [0.1, 0.15) is 17.3 Å². The number of rotatable bonds is 3. The number of hydrogen-bond donors (Lipinski definition) is 1. The fourth-order valence-electron chi connectivity index (χ4n) is 3.11. The topological polar surface area (TPSA) is 59.8 Å². The molecule has 0 saturated heterocycles. The number of carbonyl (C=O) groups excluding carboxylic acids is 1. The van der Waals surface area contributed by atoms with Gasteiger partial charge >= 0.3 is 0 Å². The van der Waals surface area contributed by atoms with Gasteiger partial charge in [0.25, 0.3) is 0 Å². The molecule has 0 radical (unpaired) electrons. The van der Waals surface area contributed by atoms with Crippen LogP contribution in [0.1, 0.15) is 6.92 Å². The number of carbonyl (C=O) groups is 1. The Morgan fingerprint density at radius 2 is 1.59 bits per heavy atom. The molecule has 2 aromatic heterocycles. The summed E-state index contributed by atoms with van der Waals surface area (Å²) in [5, 5.41) is 7.31. The Labute approximate surface area is 167 Å². The van der Waals surface area contributed by atoms with Gasteiger partial charge in [0.15, 0.2) is 0 Å². The van der Waals surface area contributed by atoms with E-state index in [0.717, 1.165) is 16.7 Å². The first-order valence-corrected chi connectivity index (χ1v) is 9.14. The molecule has 0 fully saturated rings. The minimum atomic E-state index is -0.308. The van der Waals surface area contributed by atoms with Crippen molar-refractivity contribution in [2.24, 2.45) is 7.05 Å². The number of nitrogens with one attached hydrogen (secondary N) is 1. The summed E-state index contributed by atoms with van der Waals surface area (Å²) in [6.45, 7) is 1.45. The average molecular weight is 386 g/mol. The highest BCUT2D eigenvalue weighted by Gasteiger charge is 2.20. The van der Waals surface area contributed by atoms with Crippen LogP contribution in [-0.4, -0.2) is 20.7 Å². The third kappa shape index (κ3) is 4.06. The summed E-state index contributed by atoms with van der Waals surface area (Å²) in [6.07, 6.45) is 3.35. The molecule has 144 valence electrons. The molecule has 5 nitrogen and oxygen atoms in total. The zero-order valence-electron chi connectivity index (χ0n) is 16.1. The quantitative estimate of drug-likeness (QED) is 0.479. The molecule has 29 heavy (non-hydrogen) atoms. The normalized spacial score (nSPS) is 10.7. The minimum Gasteiger partial charge on any atom is -0.311 e. The van der Waals surface area contributed by atoms with Gasteiger partial charge in [-0.25, -0.2) is 4.39 Å². The number of amides is 1. The highest BCUT2D eigenvalue weighted by atomic mass is 19.1. The molecule has 2 heterocycles. The predicted octanol–water partition coefficient (Wildman–Crippen LogP) is 4.91. The van der Waals surface area contributed by atoms with Crippen molar-refractivity contribution in [1.29, 1.82) is 0 Å². The lowest BCUT2D eigenvalue weighted by Crippen LogP contribution is -2.10. The zero-order chi connectivity index (χ0) is 20.4. The number of benzene rings is 2. The van der Waals surface area contributed by atoms with Crippen molar-refractivity contribution in [2.75, 3.05) is 5.32 Å². The third-order valence-electron chi connectivity index (χ3n) is 4.54. The van der Waals surface area contributed by atoms with E-state index in [4.69, 9.17) is 0 Å². The maximum Gasteiger partial charge on any atom is 0.222 e. The van der Waals surface area contributed by atoms with Crippen LogP contribution in [0.3, 0.4) is 0 Å². The minimum absolute atomic E-state index is 0.186. The van der Waals surface area contributed by atoms with Crippen LogP contribution in [0.4, 0.5) is 10.2 Å². The van der Waals surface area contributed by atoms with E-state index < -0.39 is 0 Å². The van der Waals surface area contributed by atoms with Crippen molar-refractivity contribution in [3.63, 3.8) is 0 Å². The first-order valence-electron chi connectivity index (χ1n) is 9.14. The summed E-state index contributed by atoms with van der Waals surface area (Å²) < 4.78 is 14.8. The number of aromatic nitrogens is 3. The van der Waals surface area contributed by atoms with E-state index in [1.807, 2.05) is 12.1 Å². The van der Waals surface area contributed by atoms with Gasteiger partial charge in [-0.3, -0.25) is 14.5 Å². The summed E-state index contributed by atoms with van der Waals surface area (Å²) >= 11 is 0. The van der Waals surface area contributed by atoms with Crippen LogP contribution in [0.15, 0.2) is 73.1 Å². The molecule has 2 aliphatic rings. The molecule has 0 bridgehead atoms. The van der Waals surface area contributed by atoms with Gasteiger partial charge in [-0.05, 0) is 59.2 Å². The lowest BCUT2D eigenvalue weighted by atomic mass is 10.0.